The quantitative estimate of drug-likeness (QED) is 0.0205. The number of ether oxygens (including phenoxy) is 8. The molecule has 100 heavy (non-hydrogen) atoms. The summed E-state index contributed by atoms with van der Waals surface area (Å²) in [6, 6.07) is 45.0. The Morgan fingerprint density at radius 2 is 0.440 bits per heavy atom. The normalized spacial score (nSPS) is 11.6. The number of alkyl halides is 6. The summed E-state index contributed by atoms with van der Waals surface area (Å²) in [5.41, 5.74) is 3.55. The van der Waals surface area contributed by atoms with Crippen LogP contribution in [0.5, 0.6) is 46.0 Å². The molecule has 0 spiro atoms. The zero-order chi connectivity index (χ0) is 73.6. The van der Waals surface area contributed by atoms with Gasteiger partial charge in [-0.25, -0.2) is 33.7 Å². The Hall–Kier alpha value is -9.66. The number of benzene rings is 8. The van der Waals surface area contributed by atoms with Crippen molar-refractivity contribution in [3.63, 3.8) is 0 Å². The molecule has 0 saturated heterocycles. The van der Waals surface area contributed by atoms with Gasteiger partial charge in [-0.3, -0.25) is 0 Å². The van der Waals surface area contributed by atoms with Gasteiger partial charge >= 0.3 is 18.1 Å². The Morgan fingerprint density at radius 3 is 0.640 bits per heavy atom. The molecule has 0 unspecified atom stereocenters. The monoisotopic (exact) mass is 1470 g/mol. The van der Waals surface area contributed by atoms with Gasteiger partial charge in [0.2, 0.25) is 0 Å². The standard InChI is InChI=1S/C19H22O5S.C18H20O5S.C17H12F6O5S.C16H16O5S/c1-2-16-6-8-17(9-7-16)23-14-4-3-5-15-24-18-10-12-19(13-11-18)25(20,21)22;1-2-15-5-7-16(8-6-15)22-13-3-4-14-23-17-9-11-18(12-10-17)24(19,20)21;1-2-11-3-5-12(6-4-11)27-16(20,21)15(18,19)17(22,23)28-13-7-9-14(10-8-13)29(24,25)26;1-2-13-3-5-14(6-4-13)20-11-12-21-15-7-9-16(10-8-15)22(17,18)19/h2,6-13H,1,3-5,14-15H2,(H,20,21,22);2,5-12H,1,3-4,13-14H2,(H,19,20,21);2-10H,1H2,(H,24,25,26);2-10H,1,11-12H2,(H,17,18,19)/p-4. The van der Waals surface area contributed by atoms with Gasteiger partial charge in [0.15, 0.2) is 0 Å². The molecule has 536 valence electrons. The van der Waals surface area contributed by atoms with Crippen LogP contribution in [0.4, 0.5) is 26.3 Å². The highest BCUT2D eigenvalue weighted by molar-refractivity contribution is 7.86. The summed E-state index contributed by atoms with van der Waals surface area (Å²) in [6.45, 7) is 17.4. The molecule has 0 saturated carbocycles. The van der Waals surface area contributed by atoms with Crippen LogP contribution in [0.2, 0.25) is 0 Å². The maximum atomic E-state index is 13.9. The summed E-state index contributed by atoms with van der Waals surface area (Å²) < 4.78 is 253. The van der Waals surface area contributed by atoms with Crippen LogP contribution in [-0.2, 0) is 40.5 Å². The van der Waals surface area contributed by atoms with Gasteiger partial charge in [0.05, 0.1) is 46.0 Å². The van der Waals surface area contributed by atoms with Gasteiger partial charge in [0.1, 0.15) is 99.7 Å². The number of unbranched alkanes of at least 4 members (excludes halogenated alkanes) is 3. The first-order chi connectivity index (χ1) is 47.2. The van der Waals surface area contributed by atoms with Crippen molar-refractivity contribution in [2.45, 2.75) is 69.8 Å². The van der Waals surface area contributed by atoms with Crippen molar-refractivity contribution in [1.29, 1.82) is 0 Å². The molecular formula is C70H66F6O20S4-4. The van der Waals surface area contributed by atoms with E-state index in [0.29, 0.717) is 86.7 Å². The van der Waals surface area contributed by atoms with Gasteiger partial charge in [-0.15, -0.1) is 0 Å². The van der Waals surface area contributed by atoms with E-state index < -0.39 is 75.0 Å². The highest BCUT2D eigenvalue weighted by Gasteiger charge is 2.77. The molecule has 8 aromatic rings. The van der Waals surface area contributed by atoms with Crippen molar-refractivity contribution >= 4 is 64.8 Å². The van der Waals surface area contributed by atoms with Crippen molar-refractivity contribution in [3.8, 4) is 46.0 Å². The van der Waals surface area contributed by atoms with E-state index in [0.717, 1.165) is 78.2 Å². The van der Waals surface area contributed by atoms with Gasteiger partial charge in [0.25, 0.3) is 0 Å². The van der Waals surface area contributed by atoms with E-state index >= 15 is 0 Å². The fourth-order valence-corrected chi connectivity index (χ4v) is 9.69. The fraction of sp³-hybridized carbons (Fsp3) is 0.200. The van der Waals surface area contributed by atoms with Gasteiger partial charge < -0.3 is 56.1 Å². The maximum absolute atomic E-state index is 13.9. The number of hydrogen-bond donors (Lipinski definition) is 0. The van der Waals surface area contributed by atoms with Crippen LogP contribution >= 0.6 is 0 Å². The van der Waals surface area contributed by atoms with E-state index in [1.807, 2.05) is 72.8 Å². The first-order valence-corrected chi connectivity index (χ1v) is 35.2. The molecule has 0 radical (unpaired) electrons. The maximum Gasteiger partial charge on any atom is 0.475 e. The predicted octanol–water partition coefficient (Wildman–Crippen LogP) is 14.5. The van der Waals surface area contributed by atoms with Crippen molar-refractivity contribution in [2.24, 2.45) is 0 Å². The Kier molecular flexibility index (Phi) is 30.8. The third-order valence-corrected chi connectivity index (χ3v) is 16.6. The molecule has 0 fully saturated rings. The van der Waals surface area contributed by atoms with Crippen LogP contribution < -0.4 is 37.9 Å². The molecular weight excluding hydrogens is 1400 g/mol. The van der Waals surface area contributed by atoms with E-state index in [-0.39, 0.29) is 14.7 Å². The van der Waals surface area contributed by atoms with Gasteiger partial charge in [-0.1, -0.05) is 99.2 Å². The molecule has 0 N–H and O–H groups in total. The lowest BCUT2D eigenvalue weighted by Gasteiger charge is -2.31. The molecule has 8 aromatic carbocycles. The summed E-state index contributed by atoms with van der Waals surface area (Å²) in [5, 5.41) is 0. The molecule has 0 aromatic heterocycles. The van der Waals surface area contributed by atoms with Crippen LogP contribution in [0.1, 0.15) is 54.4 Å². The second-order valence-corrected chi connectivity index (χ2v) is 26.0. The van der Waals surface area contributed by atoms with E-state index in [1.165, 1.54) is 91.0 Å². The first-order valence-electron chi connectivity index (χ1n) is 29.6. The topological polar surface area (TPSA) is 303 Å². The van der Waals surface area contributed by atoms with Crippen LogP contribution in [0.3, 0.4) is 0 Å². The third-order valence-electron chi connectivity index (χ3n) is 13.2. The molecule has 8 rings (SSSR count). The molecule has 20 nitrogen and oxygen atoms in total. The van der Waals surface area contributed by atoms with Crippen LogP contribution in [0, 0.1) is 0 Å². The van der Waals surface area contributed by atoms with Crippen molar-refractivity contribution in [3.05, 3.63) is 243 Å². The highest BCUT2D eigenvalue weighted by atomic mass is 32.2. The predicted molar refractivity (Wildman–Crippen MR) is 356 cm³/mol. The highest BCUT2D eigenvalue weighted by Crippen LogP contribution is 2.47. The minimum atomic E-state index is -6.14. The molecule has 0 aliphatic carbocycles. The largest absolute Gasteiger partial charge is 0.744 e. The fourth-order valence-electron chi connectivity index (χ4n) is 7.81. The zero-order valence-corrected chi connectivity index (χ0v) is 56.2. The summed E-state index contributed by atoms with van der Waals surface area (Å²) in [6.07, 6.45) is -0.460. The average Bonchev–Trinajstić information content (AvgIpc) is 0.760. The Balaban J connectivity index is 0.000000241. The average molecular weight is 1470 g/mol. The Morgan fingerprint density at radius 1 is 0.270 bits per heavy atom. The van der Waals surface area contributed by atoms with Crippen LogP contribution in [0.25, 0.3) is 24.3 Å². The Bertz CT molecular complexity index is 4340. The molecule has 0 atom stereocenters. The smallest absolute Gasteiger partial charge is 0.475 e. The number of halogens is 6. The molecule has 0 amide bonds. The molecule has 0 heterocycles. The van der Waals surface area contributed by atoms with Crippen LogP contribution in [-0.4, -0.2) is 110 Å². The molecule has 0 bridgehead atoms. The van der Waals surface area contributed by atoms with E-state index in [9.17, 15) is 78.2 Å². The second-order valence-electron chi connectivity index (χ2n) is 20.5. The van der Waals surface area contributed by atoms with Gasteiger partial charge in [-0.2, -0.15) is 26.3 Å². The lowest BCUT2D eigenvalue weighted by atomic mass is 10.2. The lowest BCUT2D eigenvalue weighted by molar-refractivity contribution is -0.415. The van der Waals surface area contributed by atoms with Crippen LogP contribution in [0.15, 0.2) is 240 Å². The minimum Gasteiger partial charge on any atom is -0.744 e. The van der Waals surface area contributed by atoms with E-state index in [2.05, 4.69) is 35.8 Å². The van der Waals surface area contributed by atoms with E-state index in [4.69, 9.17) is 28.4 Å². The van der Waals surface area contributed by atoms with Crippen molar-refractivity contribution in [2.75, 3.05) is 39.6 Å². The number of rotatable bonds is 34. The summed E-state index contributed by atoms with van der Waals surface area (Å²) in [5.74, 6) is -4.12. The summed E-state index contributed by atoms with van der Waals surface area (Å²) in [4.78, 5) is -1.65. The minimum absolute atomic E-state index is 0.252. The molecule has 0 aliphatic heterocycles. The molecule has 0 aliphatic rings. The van der Waals surface area contributed by atoms with Crippen molar-refractivity contribution < 1.29 is 116 Å². The summed E-state index contributed by atoms with van der Waals surface area (Å²) >= 11 is 0. The SMILES string of the molecule is C=Cc1ccc(OC(F)(F)C(F)(F)C(F)(F)Oc2ccc(S(=O)(=O)[O-])cc2)cc1.C=Cc1ccc(OCCCCCOc2ccc(S(=O)(=O)[O-])cc2)cc1.C=Cc1ccc(OCCCCOc2ccc(S(=O)(=O)[O-])cc2)cc1.C=Cc1ccc(OCCOc2ccc(S(=O)(=O)[O-])cc2)cc1. The third kappa shape index (κ3) is 27.6. The van der Waals surface area contributed by atoms with Gasteiger partial charge in [-0.05, 0) is 200 Å². The summed E-state index contributed by atoms with van der Waals surface area (Å²) in [7, 11) is -18.2. The van der Waals surface area contributed by atoms with E-state index in [1.54, 1.807) is 18.2 Å². The lowest BCUT2D eigenvalue weighted by Crippen LogP contribution is -2.59. The van der Waals surface area contributed by atoms with Gasteiger partial charge in [0, 0.05) is 0 Å². The molecule has 30 heteroatoms. The first kappa shape index (κ1) is 81.0. The Labute approximate surface area is 576 Å². The van der Waals surface area contributed by atoms with Crippen molar-refractivity contribution in [1.82, 2.24) is 0 Å². The second kappa shape index (κ2) is 38.1. The number of hydrogen-bond acceptors (Lipinski definition) is 20. The zero-order valence-electron chi connectivity index (χ0n) is 53.0.